The lowest BCUT2D eigenvalue weighted by Crippen LogP contribution is -2.36. The van der Waals surface area contributed by atoms with Gasteiger partial charge in [-0.3, -0.25) is 14.1 Å². The molecule has 2 aromatic carbocycles. The molecule has 7 heteroatoms. The number of pyridine rings is 1. The van der Waals surface area contributed by atoms with E-state index in [-0.39, 0.29) is 23.8 Å². The Bertz CT molecular complexity index is 1110. The van der Waals surface area contributed by atoms with Gasteiger partial charge in [-0.2, -0.15) is 0 Å². The number of amides is 1. The molecule has 0 aliphatic rings. The Morgan fingerprint density at radius 3 is 2.13 bits per heavy atom. The van der Waals surface area contributed by atoms with Crippen LogP contribution in [0.4, 0.5) is 5.69 Å². The van der Waals surface area contributed by atoms with Crippen LogP contribution >= 0.6 is 0 Å². The molecule has 6 nitrogen and oxygen atoms in total. The lowest BCUT2D eigenvalue weighted by Gasteiger charge is -2.26. The van der Waals surface area contributed by atoms with Gasteiger partial charge in [-0.05, 0) is 49.7 Å². The summed E-state index contributed by atoms with van der Waals surface area (Å²) in [5.74, 6) is -0.139. The summed E-state index contributed by atoms with van der Waals surface area (Å²) < 4.78 is 28.1. The Hall–Kier alpha value is -3.19. The highest BCUT2D eigenvalue weighted by molar-refractivity contribution is 7.92. The van der Waals surface area contributed by atoms with Gasteiger partial charge in [-0.25, -0.2) is 8.42 Å². The predicted molar refractivity (Wildman–Crippen MR) is 122 cm³/mol. The highest BCUT2D eigenvalue weighted by atomic mass is 32.2. The van der Waals surface area contributed by atoms with E-state index in [2.05, 4.69) is 4.98 Å². The molecule has 3 aromatic rings. The first kappa shape index (κ1) is 22.5. The highest BCUT2D eigenvalue weighted by Gasteiger charge is 2.26. The zero-order chi connectivity index (χ0) is 22.4. The van der Waals surface area contributed by atoms with Crippen molar-refractivity contribution in [3.05, 3.63) is 89.7 Å². The van der Waals surface area contributed by atoms with Gasteiger partial charge >= 0.3 is 0 Å². The summed E-state index contributed by atoms with van der Waals surface area (Å²) in [6, 6.07) is 17.7. The summed E-state index contributed by atoms with van der Waals surface area (Å²) in [4.78, 5) is 18.6. The van der Waals surface area contributed by atoms with E-state index in [9.17, 15) is 13.2 Å². The summed E-state index contributed by atoms with van der Waals surface area (Å²) >= 11 is 0. The van der Waals surface area contributed by atoms with Crippen molar-refractivity contribution in [1.29, 1.82) is 0 Å². The maximum Gasteiger partial charge on any atom is 0.264 e. The van der Waals surface area contributed by atoms with E-state index in [4.69, 9.17) is 0 Å². The third-order valence-electron chi connectivity index (χ3n) is 5.03. The average molecular weight is 438 g/mol. The number of hydrogen-bond acceptors (Lipinski definition) is 4. The standard InChI is InChI=1S/C24H27N3O3S/c1-19-6-10-22(11-7-19)27(31(29,30)23-12-8-20(2)9-13-23)16-14-24(28)26(3)18-21-5-4-15-25-17-21/h4-13,15,17H,14,16,18H2,1-3H3. The van der Waals surface area contributed by atoms with E-state index in [0.717, 1.165) is 16.7 Å². The first-order valence-electron chi connectivity index (χ1n) is 10.1. The molecule has 0 bridgehead atoms. The second-order valence-electron chi connectivity index (χ2n) is 7.59. The van der Waals surface area contributed by atoms with E-state index < -0.39 is 10.0 Å². The molecule has 0 atom stereocenters. The summed E-state index contributed by atoms with van der Waals surface area (Å²) in [5.41, 5.74) is 3.46. The molecule has 162 valence electrons. The van der Waals surface area contributed by atoms with E-state index >= 15 is 0 Å². The van der Waals surface area contributed by atoms with Gasteiger partial charge in [0.1, 0.15) is 0 Å². The molecule has 0 aliphatic heterocycles. The Kier molecular flexibility index (Phi) is 7.07. The van der Waals surface area contributed by atoms with Crippen molar-refractivity contribution in [3.8, 4) is 0 Å². The number of rotatable bonds is 8. The molecule has 0 fully saturated rings. The average Bonchev–Trinajstić information content (AvgIpc) is 2.76. The van der Waals surface area contributed by atoms with Crippen LogP contribution < -0.4 is 4.31 Å². The molecule has 0 saturated heterocycles. The number of anilines is 1. The number of aryl methyl sites for hydroxylation is 2. The minimum atomic E-state index is -3.81. The van der Waals surface area contributed by atoms with Crippen LogP contribution in [0, 0.1) is 13.8 Å². The lowest BCUT2D eigenvalue weighted by atomic mass is 10.2. The van der Waals surface area contributed by atoms with E-state index in [1.165, 1.54) is 4.31 Å². The number of carbonyl (C=O) groups is 1. The molecule has 0 unspecified atom stereocenters. The van der Waals surface area contributed by atoms with Crippen molar-refractivity contribution < 1.29 is 13.2 Å². The summed E-state index contributed by atoms with van der Waals surface area (Å²) in [6.45, 7) is 4.32. The monoisotopic (exact) mass is 437 g/mol. The fraction of sp³-hybridized carbons (Fsp3) is 0.250. The maximum atomic E-state index is 13.4. The van der Waals surface area contributed by atoms with Gasteiger partial charge in [0.2, 0.25) is 5.91 Å². The molecular weight excluding hydrogens is 410 g/mol. The van der Waals surface area contributed by atoms with Crippen LogP contribution in [-0.2, 0) is 21.4 Å². The lowest BCUT2D eigenvalue weighted by molar-refractivity contribution is -0.130. The van der Waals surface area contributed by atoms with Crippen molar-refractivity contribution in [2.24, 2.45) is 0 Å². The van der Waals surface area contributed by atoms with Crippen molar-refractivity contribution in [3.63, 3.8) is 0 Å². The number of benzene rings is 2. The summed E-state index contributed by atoms with van der Waals surface area (Å²) in [7, 11) is -2.10. The normalized spacial score (nSPS) is 11.2. The zero-order valence-electron chi connectivity index (χ0n) is 18.0. The van der Waals surface area contributed by atoms with Crippen LogP contribution in [0.15, 0.2) is 78.0 Å². The molecule has 1 aromatic heterocycles. The third kappa shape index (κ3) is 5.70. The first-order valence-corrected chi connectivity index (χ1v) is 11.5. The minimum absolute atomic E-state index is 0.0511. The van der Waals surface area contributed by atoms with Crippen LogP contribution in [0.25, 0.3) is 0 Å². The zero-order valence-corrected chi connectivity index (χ0v) is 18.8. The van der Waals surface area contributed by atoms with Crippen molar-refractivity contribution in [2.75, 3.05) is 17.9 Å². The van der Waals surface area contributed by atoms with E-state index in [0.29, 0.717) is 12.2 Å². The predicted octanol–water partition coefficient (Wildman–Crippen LogP) is 3.94. The molecule has 3 rings (SSSR count). The minimum Gasteiger partial charge on any atom is -0.341 e. The Labute approximate surface area is 184 Å². The number of sulfonamides is 1. The van der Waals surface area contributed by atoms with Crippen LogP contribution in [0.5, 0.6) is 0 Å². The molecule has 1 heterocycles. The van der Waals surface area contributed by atoms with Gasteiger partial charge in [0.25, 0.3) is 10.0 Å². The van der Waals surface area contributed by atoms with Crippen molar-refractivity contribution in [1.82, 2.24) is 9.88 Å². The number of carbonyl (C=O) groups excluding carboxylic acids is 1. The fourth-order valence-corrected chi connectivity index (χ4v) is 4.64. The van der Waals surface area contributed by atoms with Gasteiger partial charge in [-0.1, -0.05) is 41.5 Å². The first-order chi connectivity index (χ1) is 14.8. The van der Waals surface area contributed by atoms with E-state index in [1.54, 1.807) is 60.7 Å². The van der Waals surface area contributed by atoms with Crippen LogP contribution in [0.2, 0.25) is 0 Å². The van der Waals surface area contributed by atoms with Crippen molar-refractivity contribution in [2.45, 2.75) is 31.7 Å². The van der Waals surface area contributed by atoms with Gasteiger partial charge in [0, 0.05) is 39.0 Å². The number of hydrogen-bond donors (Lipinski definition) is 0. The number of aromatic nitrogens is 1. The Balaban J connectivity index is 1.81. The van der Waals surface area contributed by atoms with Gasteiger partial charge in [0.05, 0.1) is 10.6 Å². The Morgan fingerprint density at radius 2 is 1.55 bits per heavy atom. The molecule has 0 N–H and O–H groups in total. The van der Waals surface area contributed by atoms with Gasteiger partial charge < -0.3 is 4.90 Å². The maximum absolute atomic E-state index is 13.4. The van der Waals surface area contributed by atoms with Gasteiger partial charge in [-0.15, -0.1) is 0 Å². The third-order valence-corrected chi connectivity index (χ3v) is 6.87. The quantitative estimate of drug-likeness (QED) is 0.535. The molecule has 31 heavy (non-hydrogen) atoms. The molecule has 1 amide bonds. The molecular formula is C24H27N3O3S. The second-order valence-corrected chi connectivity index (χ2v) is 9.45. The SMILES string of the molecule is Cc1ccc(N(CCC(=O)N(C)Cc2cccnc2)S(=O)(=O)c2ccc(C)cc2)cc1. The van der Waals surface area contributed by atoms with Crippen LogP contribution in [-0.4, -0.2) is 37.8 Å². The highest BCUT2D eigenvalue weighted by Crippen LogP contribution is 2.25. The largest absolute Gasteiger partial charge is 0.341 e. The molecule has 0 saturated carbocycles. The smallest absolute Gasteiger partial charge is 0.264 e. The molecule has 0 aliphatic carbocycles. The van der Waals surface area contributed by atoms with Crippen LogP contribution in [0.3, 0.4) is 0 Å². The van der Waals surface area contributed by atoms with E-state index in [1.807, 2.05) is 38.1 Å². The summed E-state index contributed by atoms with van der Waals surface area (Å²) in [5, 5.41) is 0. The molecule has 0 spiro atoms. The topological polar surface area (TPSA) is 70.6 Å². The van der Waals surface area contributed by atoms with Gasteiger partial charge in [0.15, 0.2) is 0 Å². The summed E-state index contributed by atoms with van der Waals surface area (Å²) in [6.07, 6.45) is 3.46. The fourth-order valence-electron chi connectivity index (χ4n) is 3.18. The molecule has 0 radical (unpaired) electrons. The van der Waals surface area contributed by atoms with Crippen LogP contribution in [0.1, 0.15) is 23.1 Å². The Morgan fingerprint density at radius 1 is 0.935 bits per heavy atom. The number of nitrogens with zero attached hydrogens (tertiary/aromatic N) is 3. The van der Waals surface area contributed by atoms with Crippen molar-refractivity contribution >= 4 is 21.6 Å². The second kappa shape index (κ2) is 9.75.